The number of thiazole rings is 1. The highest BCUT2D eigenvalue weighted by Gasteiger charge is 2.34. The number of ether oxygens (including phenoxy) is 3. The summed E-state index contributed by atoms with van der Waals surface area (Å²) in [5.74, 6) is -0.564. The van der Waals surface area contributed by atoms with Gasteiger partial charge in [-0.1, -0.05) is 46.7 Å². The summed E-state index contributed by atoms with van der Waals surface area (Å²) in [4.78, 5) is 43.5. The van der Waals surface area contributed by atoms with E-state index >= 15 is 0 Å². The topological polar surface area (TPSA) is 96.2 Å². The molecule has 198 valence electrons. The van der Waals surface area contributed by atoms with Gasteiger partial charge in [0.15, 0.2) is 16.3 Å². The number of halogens is 2. The molecule has 38 heavy (non-hydrogen) atoms. The van der Waals surface area contributed by atoms with Crippen molar-refractivity contribution in [3.05, 3.63) is 88.5 Å². The quantitative estimate of drug-likeness (QED) is 0.306. The molecule has 0 N–H and O–H groups in total. The van der Waals surface area contributed by atoms with Crippen LogP contribution in [-0.4, -0.2) is 29.7 Å². The minimum atomic E-state index is -0.862. The smallest absolute Gasteiger partial charge is 0.338 e. The molecule has 4 rings (SSSR count). The molecule has 1 aliphatic rings. The van der Waals surface area contributed by atoms with Crippen LogP contribution < -0.4 is 24.4 Å². The van der Waals surface area contributed by atoms with Gasteiger partial charge in [0.25, 0.3) is 5.56 Å². The number of nitrogens with zero attached hydrogens (tertiary/aromatic N) is 2. The molecule has 0 amide bonds. The molecule has 0 bridgehead atoms. The van der Waals surface area contributed by atoms with Crippen molar-refractivity contribution in [2.45, 2.75) is 33.7 Å². The van der Waals surface area contributed by atoms with Crippen LogP contribution >= 0.6 is 34.5 Å². The first kappa shape index (κ1) is 27.6. The highest BCUT2D eigenvalue weighted by atomic mass is 35.5. The Morgan fingerprint density at radius 3 is 2.53 bits per heavy atom. The van der Waals surface area contributed by atoms with Crippen molar-refractivity contribution in [1.82, 2.24) is 4.57 Å². The first-order valence-corrected chi connectivity index (χ1v) is 13.3. The number of hydrogen-bond acceptors (Lipinski definition) is 8. The third-order valence-corrected chi connectivity index (χ3v) is 7.15. The Labute approximate surface area is 232 Å². The Hall–Kier alpha value is -3.40. The Bertz CT molecular complexity index is 1640. The molecule has 0 unspecified atom stereocenters. The van der Waals surface area contributed by atoms with Crippen molar-refractivity contribution in [3.63, 3.8) is 0 Å². The summed E-state index contributed by atoms with van der Waals surface area (Å²) in [7, 11) is 0. The van der Waals surface area contributed by atoms with Gasteiger partial charge in [0.05, 0.1) is 35.1 Å². The number of rotatable bonds is 7. The van der Waals surface area contributed by atoms with Crippen molar-refractivity contribution in [2.24, 2.45) is 4.99 Å². The highest BCUT2D eigenvalue weighted by Crippen LogP contribution is 2.36. The van der Waals surface area contributed by atoms with Gasteiger partial charge in [0.2, 0.25) is 0 Å². The number of hydrogen-bond donors (Lipinski definition) is 0. The minimum Gasteiger partial charge on any atom is -0.490 e. The van der Waals surface area contributed by atoms with Crippen molar-refractivity contribution >= 4 is 52.6 Å². The second-order valence-corrected chi connectivity index (χ2v) is 10.1. The molecular formula is C27H24Cl2N2O6S. The number of esters is 2. The van der Waals surface area contributed by atoms with E-state index in [9.17, 15) is 14.4 Å². The Morgan fingerprint density at radius 1 is 1.11 bits per heavy atom. The molecule has 3 aromatic rings. The molecule has 0 radical (unpaired) electrons. The summed E-state index contributed by atoms with van der Waals surface area (Å²) in [6.07, 6.45) is 1.67. The van der Waals surface area contributed by atoms with Crippen LogP contribution in [0.1, 0.15) is 44.9 Å². The molecule has 0 saturated heterocycles. The standard InChI is InChI=1S/C27H24Cl2N2O6S/c1-5-35-21-11-17(8-10-20(21)37-15(4)32)24-23(26(34)36-6-2)14(3)30-27-31(24)25(33)22(38-27)12-16-7-9-18(28)13-19(16)29/h7-13,24H,5-6H2,1-4H3/b22-12+/t24-/m0/s1. The van der Waals surface area contributed by atoms with Crippen LogP contribution in [0.25, 0.3) is 6.08 Å². The number of allylic oxidation sites excluding steroid dienone is 1. The number of carbonyl (C=O) groups is 2. The molecule has 2 heterocycles. The molecular weight excluding hydrogens is 551 g/mol. The number of fused-ring (bicyclic) bond motifs is 1. The molecule has 1 aliphatic heterocycles. The van der Waals surface area contributed by atoms with E-state index in [4.69, 9.17) is 37.4 Å². The zero-order valence-corrected chi connectivity index (χ0v) is 23.4. The number of carbonyl (C=O) groups excluding carboxylic acids is 2. The third-order valence-electron chi connectivity index (χ3n) is 5.60. The molecule has 0 saturated carbocycles. The first-order chi connectivity index (χ1) is 18.1. The average Bonchev–Trinajstić information content (AvgIpc) is 3.15. The van der Waals surface area contributed by atoms with Gasteiger partial charge in [-0.15, -0.1) is 0 Å². The van der Waals surface area contributed by atoms with E-state index in [1.807, 2.05) is 0 Å². The summed E-state index contributed by atoms with van der Waals surface area (Å²) >= 11 is 13.5. The number of benzene rings is 2. The maximum atomic E-state index is 13.8. The lowest BCUT2D eigenvalue weighted by Crippen LogP contribution is -2.40. The zero-order valence-electron chi connectivity index (χ0n) is 21.0. The molecule has 8 nitrogen and oxygen atoms in total. The summed E-state index contributed by atoms with van der Waals surface area (Å²) in [5, 5.41) is 0.872. The van der Waals surface area contributed by atoms with Crippen LogP contribution in [0, 0.1) is 0 Å². The van der Waals surface area contributed by atoms with Crippen molar-refractivity contribution in [3.8, 4) is 11.5 Å². The van der Waals surface area contributed by atoms with Gasteiger partial charge >= 0.3 is 11.9 Å². The molecule has 2 aromatic carbocycles. The highest BCUT2D eigenvalue weighted by molar-refractivity contribution is 7.07. The van der Waals surface area contributed by atoms with E-state index in [0.29, 0.717) is 48.6 Å². The van der Waals surface area contributed by atoms with Gasteiger partial charge < -0.3 is 14.2 Å². The Balaban J connectivity index is 1.96. The SMILES string of the molecule is CCOC(=O)C1=C(C)N=c2s/c(=C/c3ccc(Cl)cc3Cl)c(=O)n2[C@H]1c1ccc(OC(C)=O)c(OCC)c1. The van der Waals surface area contributed by atoms with E-state index < -0.39 is 18.0 Å². The van der Waals surface area contributed by atoms with Crippen LogP contribution in [0.2, 0.25) is 10.0 Å². The zero-order chi connectivity index (χ0) is 27.6. The first-order valence-electron chi connectivity index (χ1n) is 11.7. The van der Waals surface area contributed by atoms with Crippen LogP contribution in [0.4, 0.5) is 0 Å². The second-order valence-electron chi connectivity index (χ2n) is 8.20. The van der Waals surface area contributed by atoms with Gasteiger partial charge in [-0.3, -0.25) is 14.2 Å². The van der Waals surface area contributed by atoms with Crippen molar-refractivity contribution in [1.29, 1.82) is 0 Å². The Morgan fingerprint density at radius 2 is 1.87 bits per heavy atom. The van der Waals surface area contributed by atoms with Gasteiger partial charge in [0, 0.05) is 17.0 Å². The van der Waals surface area contributed by atoms with E-state index in [1.165, 1.54) is 22.8 Å². The van der Waals surface area contributed by atoms with Crippen LogP contribution in [0.15, 0.2) is 57.5 Å². The minimum absolute atomic E-state index is 0.150. The Kier molecular flexibility index (Phi) is 8.40. The predicted molar refractivity (Wildman–Crippen MR) is 146 cm³/mol. The van der Waals surface area contributed by atoms with Gasteiger partial charge in [0.1, 0.15) is 0 Å². The summed E-state index contributed by atoms with van der Waals surface area (Å²) < 4.78 is 18.2. The fourth-order valence-corrected chi connectivity index (χ4v) is 5.57. The lowest BCUT2D eigenvalue weighted by Gasteiger charge is -2.25. The molecule has 0 aliphatic carbocycles. The molecule has 0 spiro atoms. The van der Waals surface area contributed by atoms with Gasteiger partial charge in [-0.25, -0.2) is 9.79 Å². The summed E-state index contributed by atoms with van der Waals surface area (Å²) in [6.45, 7) is 6.94. The molecule has 11 heteroatoms. The predicted octanol–water partition coefficient (Wildman–Crippen LogP) is 4.43. The maximum absolute atomic E-state index is 13.8. The average molecular weight is 575 g/mol. The van der Waals surface area contributed by atoms with Crippen molar-refractivity contribution in [2.75, 3.05) is 13.2 Å². The summed E-state index contributed by atoms with van der Waals surface area (Å²) in [6, 6.07) is 9.04. The third kappa shape index (κ3) is 5.55. The fourth-order valence-electron chi connectivity index (χ4n) is 4.07. The largest absolute Gasteiger partial charge is 0.490 e. The fraction of sp³-hybridized carbons (Fsp3) is 0.259. The molecule has 1 atom stereocenters. The lowest BCUT2D eigenvalue weighted by molar-refractivity contribution is -0.139. The van der Waals surface area contributed by atoms with Crippen LogP contribution in [-0.2, 0) is 14.3 Å². The normalized spacial score (nSPS) is 15.1. The van der Waals surface area contributed by atoms with Crippen molar-refractivity contribution < 1.29 is 23.8 Å². The van der Waals surface area contributed by atoms with Gasteiger partial charge in [-0.05, 0) is 62.2 Å². The van der Waals surface area contributed by atoms with Gasteiger partial charge in [-0.2, -0.15) is 0 Å². The summed E-state index contributed by atoms with van der Waals surface area (Å²) in [5.41, 5.74) is 1.45. The number of aromatic nitrogens is 1. The van der Waals surface area contributed by atoms with E-state index in [2.05, 4.69) is 4.99 Å². The van der Waals surface area contributed by atoms with E-state index in [0.717, 1.165) is 0 Å². The van der Waals surface area contributed by atoms with Crippen LogP contribution in [0.3, 0.4) is 0 Å². The monoisotopic (exact) mass is 574 g/mol. The molecule has 1 aromatic heterocycles. The van der Waals surface area contributed by atoms with Crippen LogP contribution in [0.5, 0.6) is 11.5 Å². The maximum Gasteiger partial charge on any atom is 0.338 e. The lowest BCUT2D eigenvalue weighted by atomic mass is 9.95. The van der Waals surface area contributed by atoms with E-state index in [-0.39, 0.29) is 23.5 Å². The second kappa shape index (κ2) is 11.6. The van der Waals surface area contributed by atoms with E-state index in [1.54, 1.807) is 63.2 Å². The molecule has 0 fully saturated rings.